The van der Waals surface area contributed by atoms with E-state index in [1.165, 1.54) is 0 Å². The van der Waals surface area contributed by atoms with Gasteiger partial charge in [-0.25, -0.2) is 0 Å². The van der Waals surface area contributed by atoms with E-state index in [4.69, 9.17) is 5.11 Å². The van der Waals surface area contributed by atoms with Gasteiger partial charge in [0.2, 0.25) is 5.91 Å². The lowest BCUT2D eigenvalue weighted by Crippen LogP contribution is -2.45. The zero-order valence-electron chi connectivity index (χ0n) is 11.1. The molecule has 104 valence electrons. The third-order valence-electron chi connectivity index (χ3n) is 3.23. The molecule has 1 unspecified atom stereocenters. The molecule has 0 aromatic heterocycles. The lowest BCUT2D eigenvalue weighted by atomic mass is 9.99. The van der Waals surface area contributed by atoms with Gasteiger partial charge >= 0.3 is 5.97 Å². The van der Waals surface area contributed by atoms with E-state index < -0.39 is 5.97 Å². The Balaban J connectivity index is 2.39. The Morgan fingerprint density at radius 3 is 2.83 bits per heavy atom. The summed E-state index contributed by atoms with van der Waals surface area (Å²) in [7, 11) is 0. The second kappa shape index (κ2) is 8.40. The molecule has 5 heteroatoms. The number of unbranched alkanes of at least 4 members (excludes halogenated alkanes) is 1. The molecule has 0 aromatic carbocycles. The number of hydrogen-bond acceptors (Lipinski definition) is 3. The molecular weight excluding hydrogens is 250 g/mol. The standard InChI is InChI=1S/C13H23NO3S/c1-2-3-8-18-10-12(15)14-7-5-4-6-11(14)9-13(16)17/h11H,2-10H2,1H3,(H,16,17). The second-order valence-corrected chi connectivity index (χ2v) is 5.85. The van der Waals surface area contributed by atoms with Crippen LogP contribution in [0.25, 0.3) is 0 Å². The third-order valence-corrected chi connectivity index (χ3v) is 4.25. The smallest absolute Gasteiger partial charge is 0.305 e. The summed E-state index contributed by atoms with van der Waals surface area (Å²) in [5.74, 6) is 0.816. The highest BCUT2D eigenvalue weighted by atomic mass is 32.2. The molecule has 4 nitrogen and oxygen atoms in total. The van der Waals surface area contributed by atoms with Crippen molar-refractivity contribution in [2.75, 3.05) is 18.1 Å². The van der Waals surface area contributed by atoms with Crippen molar-refractivity contribution in [2.45, 2.75) is 51.5 Å². The monoisotopic (exact) mass is 273 g/mol. The minimum atomic E-state index is -0.807. The first kappa shape index (κ1) is 15.3. The fourth-order valence-electron chi connectivity index (χ4n) is 2.23. The number of aliphatic carboxylic acids is 1. The lowest BCUT2D eigenvalue weighted by Gasteiger charge is -2.35. The SMILES string of the molecule is CCCCSCC(=O)N1CCCCC1CC(=O)O. The molecule has 0 aromatic rings. The number of nitrogens with zero attached hydrogens (tertiary/aromatic N) is 1. The van der Waals surface area contributed by atoms with Gasteiger partial charge in [-0.2, -0.15) is 11.8 Å². The van der Waals surface area contributed by atoms with Gasteiger partial charge in [0.25, 0.3) is 0 Å². The highest BCUT2D eigenvalue weighted by molar-refractivity contribution is 7.99. The molecule has 1 amide bonds. The van der Waals surface area contributed by atoms with Crippen molar-refractivity contribution < 1.29 is 14.7 Å². The topological polar surface area (TPSA) is 57.6 Å². The largest absolute Gasteiger partial charge is 0.481 e. The Hall–Kier alpha value is -0.710. The Labute approximate surface area is 113 Å². The van der Waals surface area contributed by atoms with Gasteiger partial charge in [-0.15, -0.1) is 0 Å². The molecule has 0 saturated carbocycles. The van der Waals surface area contributed by atoms with Gasteiger partial charge in [-0.1, -0.05) is 13.3 Å². The Bertz CT molecular complexity index is 283. The van der Waals surface area contributed by atoms with Gasteiger partial charge in [-0.3, -0.25) is 9.59 Å². The van der Waals surface area contributed by atoms with Crippen molar-refractivity contribution in [1.82, 2.24) is 4.90 Å². The molecular formula is C13H23NO3S. The molecule has 1 N–H and O–H groups in total. The van der Waals surface area contributed by atoms with Crippen LogP contribution in [0.3, 0.4) is 0 Å². The van der Waals surface area contributed by atoms with E-state index in [0.29, 0.717) is 5.75 Å². The number of carbonyl (C=O) groups excluding carboxylic acids is 1. The minimum absolute atomic E-state index is 0.0875. The molecule has 1 heterocycles. The van der Waals surface area contributed by atoms with Crippen molar-refractivity contribution in [3.63, 3.8) is 0 Å². The van der Waals surface area contributed by atoms with Gasteiger partial charge in [-0.05, 0) is 31.4 Å². The average Bonchev–Trinajstić information content (AvgIpc) is 2.34. The fraction of sp³-hybridized carbons (Fsp3) is 0.846. The zero-order chi connectivity index (χ0) is 13.4. The van der Waals surface area contributed by atoms with Gasteiger partial charge in [0.1, 0.15) is 0 Å². The van der Waals surface area contributed by atoms with Crippen LogP contribution in [-0.4, -0.2) is 46.0 Å². The molecule has 18 heavy (non-hydrogen) atoms. The van der Waals surface area contributed by atoms with Crippen LogP contribution >= 0.6 is 11.8 Å². The van der Waals surface area contributed by atoms with Gasteiger partial charge in [0, 0.05) is 12.6 Å². The molecule has 1 aliphatic heterocycles. The molecule has 0 radical (unpaired) electrons. The summed E-state index contributed by atoms with van der Waals surface area (Å²) >= 11 is 1.66. The first-order valence-electron chi connectivity index (χ1n) is 6.74. The Morgan fingerprint density at radius 1 is 1.39 bits per heavy atom. The van der Waals surface area contributed by atoms with Gasteiger partial charge in [0.15, 0.2) is 0 Å². The van der Waals surface area contributed by atoms with E-state index in [9.17, 15) is 9.59 Å². The van der Waals surface area contributed by atoms with Crippen molar-refractivity contribution in [3.05, 3.63) is 0 Å². The number of hydrogen-bond donors (Lipinski definition) is 1. The van der Waals surface area contributed by atoms with Crippen LogP contribution in [0.1, 0.15) is 45.4 Å². The van der Waals surface area contributed by atoms with Crippen LogP contribution in [0.5, 0.6) is 0 Å². The lowest BCUT2D eigenvalue weighted by molar-refractivity contribution is -0.141. The highest BCUT2D eigenvalue weighted by Crippen LogP contribution is 2.21. The summed E-state index contributed by atoms with van der Waals surface area (Å²) in [6.07, 6.45) is 5.23. The molecule has 0 spiro atoms. The maximum Gasteiger partial charge on any atom is 0.305 e. The van der Waals surface area contributed by atoms with Crippen molar-refractivity contribution in [3.8, 4) is 0 Å². The summed E-state index contributed by atoms with van der Waals surface area (Å²) in [5, 5.41) is 8.87. The second-order valence-electron chi connectivity index (χ2n) is 4.74. The van der Waals surface area contributed by atoms with Crippen LogP contribution in [0.15, 0.2) is 0 Å². The van der Waals surface area contributed by atoms with Crippen LogP contribution in [0.4, 0.5) is 0 Å². The summed E-state index contributed by atoms with van der Waals surface area (Å²) in [4.78, 5) is 24.6. The van der Waals surface area contributed by atoms with Crippen LogP contribution < -0.4 is 0 Å². The number of carboxylic acid groups (broad SMARTS) is 1. The number of carbonyl (C=O) groups is 2. The summed E-state index contributed by atoms with van der Waals surface area (Å²) in [6.45, 7) is 2.86. The van der Waals surface area contributed by atoms with Crippen molar-refractivity contribution in [2.24, 2.45) is 0 Å². The summed E-state index contributed by atoms with van der Waals surface area (Å²) in [6, 6.07) is -0.0875. The molecule has 1 fully saturated rings. The number of thioether (sulfide) groups is 1. The van der Waals surface area contributed by atoms with Crippen LogP contribution in [-0.2, 0) is 9.59 Å². The predicted molar refractivity (Wildman–Crippen MR) is 73.8 cm³/mol. The van der Waals surface area contributed by atoms with E-state index in [2.05, 4.69) is 6.92 Å². The molecule has 1 atom stereocenters. The van der Waals surface area contributed by atoms with Crippen LogP contribution in [0.2, 0.25) is 0 Å². The Morgan fingerprint density at radius 2 is 2.17 bits per heavy atom. The molecule has 1 saturated heterocycles. The summed E-state index contributed by atoms with van der Waals surface area (Å²) < 4.78 is 0. The number of carboxylic acids is 1. The average molecular weight is 273 g/mol. The number of piperidine rings is 1. The molecule has 0 bridgehead atoms. The zero-order valence-corrected chi connectivity index (χ0v) is 11.9. The first-order chi connectivity index (χ1) is 8.65. The molecule has 1 aliphatic rings. The normalized spacial score (nSPS) is 19.8. The quantitative estimate of drug-likeness (QED) is 0.724. The van der Waals surface area contributed by atoms with E-state index >= 15 is 0 Å². The minimum Gasteiger partial charge on any atom is -0.481 e. The number of likely N-dealkylation sites (tertiary alicyclic amines) is 1. The van der Waals surface area contributed by atoms with E-state index in [0.717, 1.165) is 44.4 Å². The fourth-order valence-corrected chi connectivity index (χ4v) is 3.21. The van der Waals surface area contributed by atoms with Gasteiger partial charge < -0.3 is 10.0 Å². The van der Waals surface area contributed by atoms with E-state index in [-0.39, 0.29) is 18.4 Å². The summed E-state index contributed by atoms with van der Waals surface area (Å²) in [5.41, 5.74) is 0. The van der Waals surface area contributed by atoms with E-state index in [1.807, 2.05) is 0 Å². The van der Waals surface area contributed by atoms with Gasteiger partial charge in [0.05, 0.1) is 12.2 Å². The Kier molecular flexibility index (Phi) is 7.16. The third kappa shape index (κ3) is 5.29. The molecule has 1 rings (SSSR count). The van der Waals surface area contributed by atoms with Crippen LogP contribution in [0, 0.1) is 0 Å². The van der Waals surface area contributed by atoms with Crippen molar-refractivity contribution in [1.29, 1.82) is 0 Å². The predicted octanol–water partition coefficient (Wildman–Crippen LogP) is 2.38. The number of rotatable bonds is 7. The van der Waals surface area contributed by atoms with E-state index in [1.54, 1.807) is 16.7 Å². The number of amides is 1. The first-order valence-corrected chi connectivity index (χ1v) is 7.89. The maximum atomic E-state index is 12.1. The van der Waals surface area contributed by atoms with Crippen molar-refractivity contribution >= 4 is 23.6 Å². The highest BCUT2D eigenvalue weighted by Gasteiger charge is 2.27. The maximum absolute atomic E-state index is 12.1. The molecule has 0 aliphatic carbocycles.